The summed E-state index contributed by atoms with van der Waals surface area (Å²) in [4.78, 5) is 4.30. The molecule has 102 valence electrons. The van der Waals surface area contributed by atoms with Gasteiger partial charge in [-0.25, -0.2) is 0 Å². The highest BCUT2D eigenvalue weighted by molar-refractivity contribution is 5.93. The van der Waals surface area contributed by atoms with Crippen molar-refractivity contribution >= 4 is 16.6 Å². The molecule has 2 aromatic rings. The second-order valence-corrected chi connectivity index (χ2v) is 5.32. The number of fused-ring (bicyclic) bond motifs is 1. The van der Waals surface area contributed by atoms with Crippen molar-refractivity contribution < 1.29 is 5.11 Å². The van der Waals surface area contributed by atoms with Crippen LogP contribution in [0.15, 0.2) is 30.5 Å². The molecule has 1 fully saturated rings. The number of hydrogen-bond acceptors (Lipinski definition) is 4. The molecule has 1 saturated carbocycles. The first-order valence-corrected chi connectivity index (χ1v) is 6.99. The minimum atomic E-state index is -0.221. The Kier molecular flexibility index (Phi) is 3.53. The van der Waals surface area contributed by atoms with Crippen molar-refractivity contribution in [2.75, 3.05) is 11.9 Å². The molecule has 0 saturated heterocycles. The van der Waals surface area contributed by atoms with E-state index in [0.29, 0.717) is 12.1 Å². The van der Waals surface area contributed by atoms with Crippen LogP contribution >= 0.6 is 0 Å². The van der Waals surface area contributed by atoms with Crippen LogP contribution in [0.25, 0.3) is 10.9 Å². The number of pyridine rings is 1. The van der Waals surface area contributed by atoms with Gasteiger partial charge < -0.3 is 10.4 Å². The minimum absolute atomic E-state index is 0.221. The summed E-state index contributed by atoms with van der Waals surface area (Å²) in [5.41, 5.74) is 2.26. The van der Waals surface area contributed by atoms with Crippen molar-refractivity contribution in [3.8, 4) is 6.07 Å². The van der Waals surface area contributed by atoms with Gasteiger partial charge in [-0.1, -0.05) is 24.6 Å². The fourth-order valence-electron chi connectivity index (χ4n) is 2.91. The van der Waals surface area contributed by atoms with E-state index in [1.54, 1.807) is 6.20 Å². The lowest BCUT2D eigenvalue weighted by Crippen LogP contribution is -2.22. The van der Waals surface area contributed by atoms with Gasteiger partial charge in [-0.3, -0.25) is 4.98 Å². The summed E-state index contributed by atoms with van der Waals surface area (Å²) in [6.45, 7) is 0.698. The second-order valence-electron chi connectivity index (χ2n) is 5.32. The molecular formula is C16H17N3O. The van der Waals surface area contributed by atoms with E-state index in [1.165, 1.54) is 0 Å². The van der Waals surface area contributed by atoms with Crippen LogP contribution in [-0.4, -0.2) is 22.7 Å². The quantitative estimate of drug-likeness (QED) is 0.897. The van der Waals surface area contributed by atoms with Gasteiger partial charge in [0.1, 0.15) is 6.07 Å². The van der Waals surface area contributed by atoms with Gasteiger partial charge in [-0.15, -0.1) is 0 Å². The van der Waals surface area contributed by atoms with Crippen molar-refractivity contribution in [3.63, 3.8) is 0 Å². The van der Waals surface area contributed by atoms with Crippen LogP contribution in [0.3, 0.4) is 0 Å². The summed E-state index contributed by atoms with van der Waals surface area (Å²) < 4.78 is 0. The first kappa shape index (κ1) is 12.9. The SMILES string of the molecule is N#Cc1cnc2ccccc2c1NCC1CCCC1O. The average molecular weight is 267 g/mol. The smallest absolute Gasteiger partial charge is 0.103 e. The summed E-state index contributed by atoms with van der Waals surface area (Å²) in [5, 5.41) is 23.4. The zero-order valence-electron chi connectivity index (χ0n) is 11.2. The topological polar surface area (TPSA) is 68.9 Å². The summed E-state index contributed by atoms with van der Waals surface area (Å²) in [5.74, 6) is 0.272. The molecule has 0 bridgehead atoms. The second kappa shape index (κ2) is 5.48. The summed E-state index contributed by atoms with van der Waals surface area (Å²) >= 11 is 0. The van der Waals surface area contributed by atoms with Gasteiger partial charge >= 0.3 is 0 Å². The first-order chi connectivity index (χ1) is 9.79. The van der Waals surface area contributed by atoms with Gasteiger partial charge in [-0.05, 0) is 18.9 Å². The van der Waals surface area contributed by atoms with E-state index in [1.807, 2.05) is 24.3 Å². The Balaban J connectivity index is 1.91. The van der Waals surface area contributed by atoms with Crippen LogP contribution in [0.2, 0.25) is 0 Å². The van der Waals surface area contributed by atoms with Crippen LogP contribution < -0.4 is 5.32 Å². The monoisotopic (exact) mass is 267 g/mol. The summed E-state index contributed by atoms with van der Waals surface area (Å²) in [7, 11) is 0. The van der Waals surface area contributed by atoms with Crippen molar-refractivity contribution in [2.45, 2.75) is 25.4 Å². The maximum atomic E-state index is 9.89. The molecule has 1 aromatic heterocycles. The standard InChI is InChI=1S/C16H17N3O/c17-8-12-10-18-14-6-2-1-5-13(14)16(12)19-9-11-4-3-7-15(11)20/h1-2,5-6,10-11,15,20H,3-4,7,9H2,(H,18,19). The molecule has 0 amide bonds. The molecule has 2 N–H and O–H groups in total. The number of benzene rings is 1. The predicted octanol–water partition coefficient (Wildman–Crippen LogP) is 2.68. The zero-order chi connectivity index (χ0) is 13.9. The molecule has 1 heterocycles. The van der Waals surface area contributed by atoms with Gasteiger partial charge in [-0.2, -0.15) is 5.26 Å². The molecule has 4 nitrogen and oxygen atoms in total. The van der Waals surface area contributed by atoms with Crippen LogP contribution in [0.1, 0.15) is 24.8 Å². The highest BCUT2D eigenvalue weighted by Gasteiger charge is 2.25. The molecule has 2 atom stereocenters. The van der Waals surface area contributed by atoms with Crippen molar-refractivity contribution in [2.24, 2.45) is 5.92 Å². The lowest BCUT2D eigenvalue weighted by molar-refractivity contribution is 0.138. The third-order valence-corrected chi connectivity index (χ3v) is 4.06. The molecule has 2 unspecified atom stereocenters. The number of aliphatic hydroxyl groups excluding tert-OH is 1. The third kappa shape index (κ3) is 2.33. The van der Waals surface area contributed by atoms with Gasteiger partial charge in [0.2, 0.25) is 0 Å². The molecule has 20 heavy (non-hydrogen) atoms. The lowest BCUT2D eigenvalue weighted by Gasteiger charge is -2.17. The molecule has 1 aliphatic carbocycles. The lowest BCUT2D eigenvalue weighted by atomic mass is 10.0. The largest absolute Gasteiger partial charge is 0.393 e. The number of anilines is 1. The van der Waals surface area contributed by atoms with E-state index in [9.17, 15) is 10.4 Å². The van der Waals surface area contributed by atoms with Crippen LogP contribution in [0, 0.1) is 17.2 Å². The number of aromatic nitrogens is 1. The fourth-order valence-corrected chi connectivity index (χ4v) is 2.91. The predicted molar refractivity (Wildman–Crippen MR) is 78.3 cm³/mol. The van der Waals surface area contributed by atoms with E-state index in [-0.39, 0.29) is 12.0 Å². The van der Waals surface area contributed by atoms with Crippen LogP contribution in [-0.2, 0) is 0 Å². The van der Waals surface area contributed by atoms with Crippen LogP contribution in [0.5, 0.6) is 0 Å². The number of nitrogens with zero attached hydrogens (tertiary/aromatic N) is 2. The zero-order valence-corrected chi connectivity index (χ0v) is 11.2. The molecule has 1 aromatic carbocycles. The highest BCUT2D eigenvalue weighted by Crippen LogP contribution is 2.29. The maximum Gasteiger partial charge on any atom is 0.103 e. The number of rotatable bonds is 3. The molecule has 0 spiro atoms. The molecule has 3 rings (SSSR count). The van der Waals surface area contributed by atoms with Crippen molar-refractivity contribution in [1.29, 1.82) is 5.26 Å². The molecule has 0 aliphatic heterocycles. The average Bonchev–Trinajstić information content (AvgIpc) is 2.90. The Bertz CT molecular complexity index is 662. The van der Waals surface area contributed by atoms with Crippen LogP contribution in [0.4, 0.5) is 5.69 Å². The van der Waals surface area contributed by atoms with Gasteiger partial charge in [0.15, 0.2) is 0 Å². The Labute approximate surface area is 118 Å². The van der Waals surface area contributed by atoms with Gasteiger partial charge in [0.05, 0.1) is 22.9 Å². The molecule has 0 radical (unpaired) electrons. The highest BCUT2D eigenvalue weighted by atomic mass is 16.3. The van der Waals surface area contributed by atoms with E-state index in [2.05, 4.69) is 16.4 Å². The third-order valence-electron chi connectivity index (χ3n) is 4.06. The van der Waals surface area contributed by atoms with Gasteiger partial charge in [0.25, 0.3) is 0 Å². The maximum absolute atomic E-state index is 9.89. The van der Waals surface area contributed by atoms with E-state index < -0.39 is 0 Å². The summed E-state index contributed by atoms with van der Waals surface area (Å²) in [6.07, 6.45) is 4.39. The number of nitriles is 1. The molecular weight excluding hydrogens is 250 g/mol. The Morgan fingerprint density at radius 3 is 2.95 bits per heavy atom. The Hall–Kier alpha value is -2.12. The number of hydrogen-bond donors (Lipinski definition) is 2. The summed E-state index contributed by atoms with van der Waals surface area (Å²) in [6, 6.07) is 9.97. The Morgan fingerprint density at radius 2 is 2.20 bits per heavy atom. The van der Waals surface area contributed by atoms with E-state index in [4.69, 9.17) is 0 Å². The molecule has 1 aliphatic rings. The minimum Gasteiger partial charge on any atom is -0.393 e. The van der Waals surface area contributed by atoms with Crippen molar-refractivity contribution in [3.05, 3.63) is 36.0 Å². The fraction of sp³-hybridized carbons (Fsp3) is 0.375. The number of nitrogens with one attached hydrogen (secondary N) is 1. The normalized spacial score (nSPS) is 21.8. The Morgan fingerprint density at radius 1 is 1.35 bits per heavy atom. The first-order valence-electron chi connectivity index (χ1n) is 6.99. The van der Waals surface area contributed by atoms with E-state index in [0.717, 1.165) is 35.9 Å². The van der Waals surface area contributed by atoms with Crippen molar-refractivity contribution in [1.82, 2.24) is 4.98 Å². The number of aliphatic hydroxyl groups is 1. The molecule has 4 heteroatoms. The number of para-hydroxylation sites is 1. The van der Waals surface area contributed by atoms with Gasteiger partial charge in [0, 0.05) is 24.0 Å². The van der Waals surface area contributed by atoms with E-state index >= 15 is 0 Å².